The first-order chi connectivity index (χ1) is 7.31. The highest BCUT2D eigenvalue weighted by Crippen LogP contribution is 2.29. The van der Waals surface area contributed by atoms with Crippen LogP contribution in [0.3, 0.4) is 0 Å². The lowest BCUT2D eigenvalue weighted by molar-refractivity contribution is 0.276. The number of hydrogen-bond donors (Lipinski definition) is 0. The van der Waals surface area contributed by atoms with Crippen LogP contribution in [-0.4, -0.2) is 15.0 Å². The van der Waals surface area contributed by atoms with Crippen LogP contribution in [-0.2, 0) is 13.0 Å². The molecule has 0 amide bonds. The van der Waals surface area contributed by atoms with Gasteiger partial charge in [-0.2, -0.15) is 5.26 Å². The highest BCUT2D eigenvalue weighted by atomic mass is 15.4. The van der Waals surface area contributed by atoms with Crippen LogP contribution in [0.25, 0.3) is 0 Å². The van der Waals surface area contributed by atoms with Gasteiger partial charge in [0.2, 0.25) is 0 Å². The van der Waals surface area contributed by atoms with Crippen molar-refractivity contribution in [3.8, 4) is 6.07 Å². The molecule has 1 fully saturated rings. The van der Waals surface area contributed by atoms with Crippen LogP contribution in [0.15, 0.2) is 0 Å². The van der Waals surface area contributed by atoms with Crippen LogP contribution < -0.4 is 0 Å². The first-order valence-corrected chi connectivity index (χ1v) is 5.57. The van der Waals surface area contributed by atoms with Crippen molar-refractivity contribution < 1.29 is 0 Å². The Morgan fingerprint density at radius 1 is 1.53 bits per heavy atom. The van der Waals surface area contributed by atoms with Gasteiger partial charge >= 0.3 is 0 Å². The molecular formula is C11H16N4. The summed E-state index contributed by atoms with van der Waals surface area (Å²) in [5.41, 5.74) is 1.88. The molecule has 4 nitrogen and oxygen atoms in total. The number of hydrogen-bond acceptors (Lipinski definition) is 3. The summed E-state index contributed by atoms with van der Waals surface area (Å²) in [6.07, 6.45) is 5.71. The highest BCUT2D eigenvalue weighted by Gasteiger charge is 2.17. The molecule has 0 atom stereocenters. The predicted molar refractivity (Wildman–Crippen MR) is 56.0 cm³/mol. The Kier molecular flexibility index (Phi) is 3.00. The molecule has 1 aromatic heterocycles. The molecule has 0 unspecified atom stereocenters. The van der Waals surface area contributed by atoms with Crippen molar-refractivity contribution in [1.82, 2.24) is 15.0 Å². The van der Waals surface area contributed by atoms with Gasteiger partial charge in [-0.1, -0.05) is 24.5 Å². The second kappa shape index (κ2) is 4.43. The zero-order chi connectivity index (χ0) is 10.7. The van der Waals surface area contributed by atoms with Gasteiger partial charge in [-0.25, -0.2) is 4.68 Å². The van der Waals surface area contributed by atoms with E-state index in [1.165, 1.54) is 25.7 Å². The van der Waals surface area contributed by atoms with Crippen LogP contribution in [0, 0.1) is 24.2 Å². The van der Waals surface area contributed by atoms with Gasteiger partial charge in [-0.3, -0.25) is 0 Å². The number of nitriles is 1. The lowest BCUT2D eigenvalue weighted by Crippen LogP contribution is -2.15. The molecule has 4 heteroatoms. The number of aryl methyl sites for hydroxylation is 1. The minimum absolute atomic E-state index is 0.370. The normalized spacial score (nSPS) is 16.0. The predicted octanol–water partition coefficient (Wildman–Crippen LogP) is 1.84. The fourth-order valence-corrected chi connectivity index (χ4v) is 1.93. The molecule has 1 aromatic rings. The van der Waals surface area contributed by atoms with Crippen molar-refractivity contribution in [1.29, 1.82) is 5.26 Å². The maximum absolute atomic E-state index is 8.59. The van der Waals surface area contributed by atoms with E-state index in [-0.39, 0.29) is 0 Å². The maximum atomic E-state index is 8.59. The minimum Gasteiger partial charge on any atom is -0.249 e. The fourth-order valence-electron chi connectivity index (χ4n) is 1.93. The SMILES string of the molecule is Cc1c(CC#N)nnn1CCC1CCC1. The van der Waals surface area contributed by atoms with Crippen molar-refractivity contribution >= 4 is 0 Å². The van der Waals surface area contributed by atoms with Crippen molar-refractivity contribution in [3.05, 3.63) is 11.4 Å². The summed E-state index contributed by atoms with van der Waals surface area (Å²) in [4.78, 5) is 0. The zero-order valence-electron chi connectivity index (χ0n) is 9.11. The Hall–Kier alpha value is -1.37. The monoisotopic (exact) mass is 204 g/mol. The van der Waals surface area contributed by atoms with E-state index in [0.29, 0.717) is 6.42 Å². The lowest BCUT2D eigenvalue weighted by atomic mass is 9.83. The van der Waals surface area contributed by atoms with E-state index in [1.807, 2.05) is 11.6 Å². The molecule has 1 aliphatic rings. The number of rotatable bonds is 4. The zero-order valence-corrected chi connectivity index (χ0v) is 9.11. The smallest absolute Gasteiger partial charge is 0.0996 e. The van der Waals surface area contributed by atoms with E-state index in [4.69, 9.17) is 5.26 Å². The van der Waals surface area contributed by atoms with Gasteiger partial charge in [-0.05, 0) is 19.3 Å². The molecule has 80 valence electrons. The van der Waals surface area contributed by atoms with E-state index in [0.717, 1.165) is 23.9 Å². The molecule has 0 aromatic carbocycles. The summed E-state index contributed by atoms with van der Waals surface area (Å²) in [6, 6.07) is 2.11. The van der Waals surface area contributed by atoms with E-state index >= 15 is 0 Å². The summed E-state index contributed by atoms with van der Waals surface area (Å²) in [5.74, 6) is 0.896. The van der Waals surface area contributed by atoms with E-state index in [2.05, 4.69) is 16.4 Å². The minimum atomic E-state index is 0.370. The average molecular weight is 204 g/mol. The van der Waals surface area contributed by atoms with Crippen LogP contribution in [0.1, 0.15) is 37.1 Å². The van der Waals surface area contributed by atoms with Crippen LogP contribution in [0.5, 0.6) is 0 Å². The van der Waals surface area contributed by atoms with Crippen molar-refractivity contribution in [3.63, 3.8) is 0 Å². The van der Waals surface area contributed by atoms with Crippen molar-refractivity contribution in [2.75, 3.05) is 0 Å². The largest absolute Gasteiger partial charge is 0.249 e. The van der Waals surface area contributed by atoms with Crippen LogP contribution >= 0.6 is 0 Å². The van der Waals surface area contributed by atoms with E-state index in [9.17, 15) is 0 Å². The average Bonchev–Trinajstić information content (AvgIpc) is 2.48. The van der Waals surface area contributed by atoms with Gasteiger partial charge in [0.25, 0.3) is 0 Å². The Morgan fingerprint density at radius 2 is 2.33 bits per heavy atom. The van der Waals surface area contributed by atoms with E-state index < -0.39 is 0 Å². The second-order valence-electron chi connectivity index (χ2n) is 4.27. The second-order valence-corrected chi connectivity index (χ2v) is 4.27. The fraction of sp³-hybridized carbons (Fsp3) is 0.727. The Balaban J connectivity index is 1.93. The summed E-state index contributed by atoms with van der Waals surface area (Å²) in [6.45, 7) is 2.95. The molecule has 1 aliphatic carbocycles. The molecule has 0 saturated heterocycles. The summed E-state index contributed by atoms with van der Waals surface area (Å²) in [5, 5.41) is 16.7. The maximum Gasteiger partial charge on any atom is 0.0996 e. The molecule has 0 N–H and O–H groups in total. The third-order valence-corrected chi connectivity index (χ3v) is 3.30. The molecule has 0 bridgehead atoms. The first kappa shape index (κ1) is 10.2. The molecule has 15 heavy (non-hydrogen) atoms. The topological polar surface area (TPSA) is 54.5 Å². The van der Waals surface area contributed by atoms with Gasteiger partial charge in [0, 0.05) is 6.54 Å². The van der Waals surface area contributed by atoms with Gasteiger partial charge in [0.15, 0.2) is 0 Å². The highest BCUT2D eigenvalue weighted by molar-refractivity contribution is 5.12. The molecule has 1 saturated carbocycles. The lowest BCUT2D eigenvalue weighted by Gasteiger charge is -2.25. The summed E-state index contributed by atoms with van der Waals surface area (Å²) in [7, 11) is 0. The van der Waals surface area contributed by atoms with Crippen LogP contribution in [0.2, 0.25) is 0 Å². The number of nitrogens with zero attached hydrogens (tertiary/aromatic N) is 4. The molecule has 0 aliphatic heterocycles. The summed E-state index contributed by atoms with van der Waals surface area (Å²) >= 11 is 0. The number of aromatic nitrogens is 3. The molecular weight excluding hydrogens is 188 g/mol. The van der Waals surface area contributed by atoms with Gasteiger partial charge < -0.3 is 0 Å². The van der Waals surface area contributed by atoms with Gasteiger partial charge in [0.1, 0.15) is 0 Å². The molecule has 2 rings (SSSR count). The van der Waals surface area contributed by atoms with Gasteiger partial charge in [-0.15, -0.1) is 5.10 Å². The third-order valence-electron chi connectivity index (χ3n) is 3.30. The third kappa shape index (κ3) is 2.17. The Bertz CT molecular complexity index is 370. The molecule has 0 spiro atoms. The van der Waals surface area contributed by atoms with Gasteiger partial charge in [0.05, 0.1) is 23.9 Å². The summed E-state index contributed by atoms with van der Waals surface area (Å²) < 4.78 is 1.94. The quantitative estimate of drug-likeness (QED) is 0.752. The molecule has 0 radical (unpaired) electrons. The van der Waals surface area contributed by atoms with Crippen molar-refractivity contribution in [2.45, 2.75) is 45.6 Å². The van der Waals surface area contributed by atoms with E-state index in [1.54, 1.807) is 0 Å². The standard InChI is InChI=1S/C11H16N4/c1-9-11(5-7-12)13-14-15(9)8-6-10-3-2-4-10/h10H,2-6,8H2,1H3. The van der Waals surface area contributed by atoms with Crippen molar-refractivity contribution in [2.24, 2.45) is 5.92 Å². The Labute approximate surface area is 89.9 Å². The van der Waals surface area contributed by atoms with Crippen LogP contribution in [0.4, 0.5) is 0 Å². The first-order valence-electron chi connectivity index (χ1n) is 5.57. The molecule has 1 heterocycles. The Morgan fingerprint density at radius 3 is 2.93 bits per heavy atom.